The van der Waals surface area contributed by atoms with E-state index in [9.17, 15) is 9.90 Å². The van der Waals surface area contributed by atoms with Gasteiger partial charge in [0.05, 0.1) is 11.3 Å². The zero-order chi connectivity index (χ0) is 18.0. The summed E-state index contributed by atoms with van der Waals surface area (Å²) in [7, 11) is 0. The minimum Gasteiger partial charge on any atom is -0.507 e. The lowest BCUT2D eigenvalue weighted by atomic mass is 9.85. The average molecular weight is 334 g/mol. The van der Waals surface area contributed by atoms with Crippen LogP contribution in [0.2, 0.25) is 0 Å². The Kier molecular flexibility index (Phi) is 4.70. The highest BCUT2D eigenvalue weighted by molar-refractivity contribution is 6.04. The number of hydrogen-bond acceptors (Lipinski definition) is 3. The number of nitrogens with one attached hydrogen (secondary N) is 1. The summed E-state index contributed by atoms with van der Waals surface area (Å²) in [5, 5.41) is 16.2. The fourth-order valence-electron chi connectivity index (χ4n) is 3.01. The molecular formula is C21H22N2O2. The van der Waals surface area contributed by atoms with E-state index in [1.165, 1.54) is 0 Å². The smallest absolute Gasteiger partial charge is 0.275 e. The summed E-state index contributed by atoms with van der Waals surface area (Å²) in [6.45, 7) is 8.03. The number of aromatic hydroxyl groups is 1. The lowest BCUT2D eigenvalue weighted by Gasteiger charge is -2.22. The highest BCUT2D eigenvalue weighted by Gasteiger charge is 2.19. The summed E-state index contributed by atoms with van der Waals surface area (Å²) in [5.74, 6) is -0.110. The lowest BCUT2D eigenvalue weighted by molar-refractivity contribution is 0.0952. The van der Waals surface area contributed by atoms with Crippen LogP contribution in [0.15, 0.2) is 65.3 Å². The van der Waals surface area contributed by atoms with Crippen LogP contribution in [0.4, 0.5) is 0 Å². The Morgan fingerprint density at radius 1 is 1.28 bits per heavy atom. The van der Waals surface area contributed by atoms with Crippen molar-refractivity contribution >= 4 is 22.4 Å². The van der Waals surface area contributed by atoms with Crippen LogP contribution in [0, 0.1) is 5.92 Å². The zero-order valence-corrected chi connectivity index (χ0v) is 14.5. The maximum atomic E-state index is 12.5. The average Bonchev–Trinajstić information content (AvgIpc) is 2.60. The standard InChI is InChI=1S/C21H22N2O2/c1-13(2)15-9-8-14(3)19(11-15)22-23-21(25)18-10-16-6-4-5-7-17(16)12-20(18)24/h4-8,10,12,15,24H,1,9,11H2,2-3H3,(H,23,25)/t15-/m1/s1. The van der Waals surface area contributed by atoms with Crippen LogP contribution in [0.1, 0.15) is 37.0 Å². The van der Waals surface area contributed by atoms with E-state index in [1.54, 1.807) is 12.1 Å². The van der Waals surface area contributed by atoms with Crippen molar-refractivity contribution in [1.82, 2.24) is 5.43 Å². The van der Waals surface area contributed by atoms with E-state index in [2.05, 4.69) is 23.2 Å². The first-order valence-corrected chi connectivity index (χ1v) is 8.37. The quantitative estimate of drug-likeness (QED) is 0.638. The van der Waals surface area contributed by atoms with E-state index in [-0.39, 0.29) is 11.3 Å². The van der Waals surface area contributed by atoms with Crippen LogP contribution < -0.4 is 5.43 Å². The molecule has 0 fully saturated rings. The van der Waals surface area contributed by atoms with Crippen LogP contribution in [0.3, 0.4) is 0 Å². The van der Waals surface area contributed by atoms with Gasteiger partial charge in [0.15, 0.2) is 0 Å². The van der Waals surface area contributed by atoms with Gasteiger partial charge in [0, 0.05) is 0 Å². The second-order valence-corrected chi connectivity index (χ2v) is 6.59. The Morgan fingerprint density at radius 3 is 2.64 bits per heavy atom. The van der Waals surface area contributed by atoms with E-state index in [0.29, 0.717) is 5.92 Å². The molecule has 1 atom stereocenters. The predicted molar refractivity (Wildman–Crippen MR) is 102 cm³/mol. The van der Waals surface area contributed by atoms with Gasteiger partial charge in [-0.15, -0.1) is 0 Å². The maximum absolute atomic E-state index is 12.5. The van der Waals surface area contributed by atoms with E-state index in [0.717, 1.165) is 40.5 Å². The van der Waals surface area contributed by atoms with Gasteiger partial charge in [-0.3, -0.25) is 4.79 Å². The van der Waals surface area contributed by atoms with E-state index in [4.69, 9.17) is 0 Å². The molecule has 1 amide bonds. The molecule has 2 N–H and O–H groups in total. The van der Waals surface area contributed by atoms with Crippen LogP contribution in [0.25, 0.3) is 10.8 Å². The fraction of sp³-hybridized carbons (Fsp3) is 0.238. The Bertz CT molecular complexity index is 909. The van der Waals surface area contributed by atoms with Crippen molar-refractivity contribution in [2.75, 3.05) is 0 Å². The van der Waals surface area contributed by atoms with Gasteiger partial charge in [0.1, 0.15) is 5.75 Å². The topological polar surface area (TPSA) is 61.7 Å². The number of phenolic OH excluding ortho intramolecular Hbond substituents is 1. The highest BCUT2D eigenvalue weighted by atomic mass is 16.3. The molecule has 0 spiro atoms. The van der Waals surface area contributed by atoms with Gasteiger partial charge in [0.2, 0.25) is 0 Å². The van der Waals surface area contributed by atoms with Gasteiger partial charge in [-0.05, 0) is 61.1 Å². The number of carbonyl (C=O) groups is 1. The number of allylic oxidation sites excluding steroid dienone is 3. The van der Waals surface area contributed by atoms with E-state index >= 15 is 0 Å². The largest absolute Gasteiger partial charge is 0.507 e. The molecule has 2 aromatic carbocycles. The normalized spacial score (nSPS) is 18.9. The van der Waals surface area contributed by atoms with Crippen molar-refractivity contribution in [2.24, 2.45) is 11.0 Å². The Hall–Kier alpha value is -2.88. The molecule has 0 bridgehead atoms. The molecule has 0 saturated carbocycles. The van der Waals surface area contributed by atoms with Gasteiger partial charge in [0.25, 0.3) is 5.91 Å². The van der Waals surface area contributed by atoms with Crippen molar-refractivity contribution in [1.29, 1.82) is 0 Å². The first kappa shape index (κ1) is 17.0. The highest BCUT2D eigenvalue weighted by Crippen LogP contribution is 2.27. The SMILES string of the molecule is C=C(C)[C@@H]1CC=C(C)C(=NNC(=O)c2cc3ccccc3cc2O)C1. The van der Waals surface area contributed by atoms with Crippen molar-refractivity contribution in [2.45, 2.75) is 26.7 Å². The fourth-order valence-corrected chi connectivity index (χ4v) is 3.01. The van der Waals surface area contributed by atoms with E-state index in [1.807, 2.05) is 38.1 Å². The van der Waals surface area contributed by atoms with Crippen molar-refractivity contribution in [3.05, 3.63) is 65.8 Å². The summed E-state index contributed by atoms with van der Waals surface area (Å²) in [4.78, 5) is 12.5. The Morgan fingerprint density at radius 2 is 1.96 bits per heavy atom. The monoisotopic (exact) mass is 334 g/mol. The molecule has 0 aliphatic heterocycles. The predicted octanol–water partition coefficient (Wildman–Crippen LogP) is 4.56. The molecule has 3 rings (SSSR count). The molecule has 0 unspecified atom stereocenters. The first-order chi connectivity index (χ1) is 12.0. The molecule has 0 heterocycles. The molecule has 0 aromatic heterocycles. The molecule has 0 saturated heterocycles. The zero-order valence-electron chi connectivity index (χ0n) is 14.5. The second-order valence-electron chi connectivity index (χ2n) is 6.59. The van der Waals surface area contributed by atoms with Gasteiger partial charge in [-0.25, -0.2) is 5.43 Å². The number of hydrogen-bond donors (Lipinski definition) is 2. The summed E-state index contributed by atoms with van der Waals surface area (Å²) >= 11 is 0. The van der Waals surface area contributed by atoms with Crippen LogP contribution in [-0.4, -0.2) is 16.7 Å². The molecular weight excluding hydrogens is 312 g/mol. The maximum Gasteiger partial charge on any atom is 0.275 e. The first-order valence-electron chi connectivity index (χ1n) is 8.37. The number of nitrogens with zero attached hydrogens (tertiary/aromatic N) is 1. The summed E-state index contributed by atoms with van der Waals surface area (Å²) < 4.78 is 0. The van der Waals surface area contributed by atoms with Crippen molar-refractivity contribution in [3.8, 4) is 5.75 Å². The number of fused-ring (bicyclic) bond motifs is 1. The van der Waals surface area contributed by atoms with Crippen LogP contribution in [0.5, 0.6) is 5.75 Å². The molecule has 25 heavy (non-hydrogen) atoms. The minimum absolute atomic E-state index is 0.0490. The van der Waals surface area contributed by atoms with Crippen LogP contribution >= 0.6 is 0 Å². The number of amides is 1. The summed E-state index contributed by atoms with van der Waals surface area (Å²) in [6, 6.07) is 10.9. The number of benzene rings is 2. The van der Waals surface area contributed by atoms with Gasteiger partial charge in [-0.1, -0.05) is 42.5 Å². The number of phenols is 1. The molecule has 0 radical (unpaired) electrons. The number of hydrazone groups is 1. The number of rotatable bonds is 3. The molecule has 128 valence electrons. The summed E-state index contributed by atoms with van der Waals surface area (Å²) in [5.41, 5.74) is 5.85. The number of carbonyl (C=O) groups excluding carboxylic acids is 1. The van der Waals surface area contributed by atoms with Crippen LogP contribution in [-0.2, 0) is 0 Å². The minimum atomic E-state index is -0.416. The van der Waals surface area contributed by atoms with Gasteiger partial charge in [-0.2, -0.15) is 5.10 Å². The van der Waals surface area contributed by atoms with Gasteiger partial charge < -0.3 is 5.11 Å². The third kappa shape index (κ3) is 3.63. The van der Waals surface area contributed by atoms with Gasteiger partial charge >= 0.3 is 0 Å². The Labute approximate surface area is 147 Å². The molecule has 4 heteroatoms. The van der Waals surface area contributed by atoms with Crippen molar-refractivity contribution in [3.63, 3.8) is 0 Å². The van der Waals surface area contributed by atoms with E-state index < -0.39 is 5.91 Å². The molecule has 2 aromatic rings. The third-order valence-corrected chi connectivity index (χ3v) is 4.70. The molecule has 4 nitrogen and oxygen atoms in total. The summed E-state index contributed by atoms with van der Waals surface area (Å²) in [6.07, 6.45) is 3.85. The molecule has 1 aliphatic carbocycles. The lowest BCUT2D eigenvalue weighted by Crippen LogP contribution is -2.23. The molecule has 1 aliphatic rings. The Balaban J connectivity index is 1.82. The third-order valence-electron chi connectivity index (χ3n) is 4.70. The second kappa shape index (κ2) is 6.93. The van der Waals surface area contributed by atoms with Crippen molar-refractivity contribution < 1.29 is 9.90 Å².